The van der Waals surface area contributed by atoms with Crippen LogP contribution in [0.25, 0.3) is 12.2 Å². The third kappa shape index (κ3) is 26.4. The van der Waals surface area contributed by atoms with Gasteiger partial charge in [0.2, 0.25) is 0 Å². The van der Waals surface area contributed by atoms with Crippen molar-refractivity contribution in [3.8, 4) is 17.2 Å². The summed E-state index contributed by atoms with van der Waals surface area (Å²) in [5.41, 5.74) is 1.67. The van der Waals surface area contributed by atoms with E-state index in [2.05, 4.69) is 20.8 Å². The maximum atomic E-state index is 12.8. The molecule has 0 spiro atoms. The topological polar surface area (TPSA) is 78.9 Å². The molecule has 2 rings (SSSR count). The Morgan fingerprint density at radius 1 is 0.357 bits per heavy atom. The van der Waals surface area contributed by atoms with Crippen LogP contribution < -0.4 is 14.2 Å². The standard InChI is InChI=1S/C50H78O6/c1-4-7-10-13-16-19-22-25-28-31-48(51)54-45-38-36-43(37-39-45)34-35-44-40-46(55-49(52)32-29-26-23-20-17-14-11-8-5-2)42-47(41-44)56-50(53)33-30-27-24-21-18-15-12-9-6-3/h34-42H,4-33H2,1-3H3/b35-34+. The summed E-state index contributed by atoms with van der Waals surface area (Å²) >= 11 is 0. The Kier molecular flexibility index (Phi) is 29.3. The predicted molar refractivity (Wildman–Crippen MR) is 234 cm³/mol. The van der Waals surface area contributed by atoms with Gasteiger partial charge in [0.05, 0.1) is 0 Å². The van der Waals surface area contributed by atoms with Crippen LogP contribution in [0.4, 0.5) is 0 Å². The fraction of sp³-hybridized carbons (Fsp3) is 0.660. The molecule has 0 aliphatic rings. The largest absolute Gasteiger partial charge is 0.427 e. The zero-order valence-electron chi connectivity index (χ0n) is 35.9. The lowest BCUT2D eigenvalue weighted by molar-refractivity contribution is -0.135. The second-order valence-corrected chi connectivity index (χ2v) is 15.8. The first-order chi connectivity index (χ1) is 27.4. The van der Waals surface area contributed by atoms with Crippen LogP contribution in [0.3, 0.4) is 0 Å². The highest BCUT2D eigenvalue weighted by molar-refractivity contribution is 5.77. The lowest BCUT2D eigenvalue weighted by Crippen LogP contribution is -2.10. The Balaban J connectivity index is 1.90. The second-order valence-electron chi connectivity index (χ2n) is 15.8. The van der Waals surface area contributed by atoms with Gasteiger partial charge in [0, 0.05) is 25.3 Å². The number of benzene rings is 2. The average molecular weight is 775 g/mol. The van der Waals surface area contributed by atoms with Crippen LogP contribution in [0.15, 0.2) is 42.5 Å². The molecule has 6 nitrogen and oxygen atoms in total. The Labute approximate surface area is 341 Å². The molecule has 0 saturated carbocycles. The molecule has 6 heteroatoms. The van der Waals surface area contributed by atoms with Gasteiger partial charge < -0.3 is 14.2 Å². The number of carbonyl (C=O) groups is 3. The molecule has 0 heterocycles. The summed E-state index contributed by atoms with van der Waals surface area (Å²) in [5, 5.41) is 0. The van der Waals surface area contributed by atoms with Gasteiger partial charge in [-0.25, -0.2) is 0 Å². The number of carbonyl (C=O) groups excluding carboxylic acids is 3. The van der Waals surface area contributed by atoms with Gasteiger partial charge in [-0.2, -0.15) is 0 Å². The van der Waals surface area contributed by atoms with Crippen LogP contribution in [-0.4, -0.2) is 17.9 Å². The van der Waals surface area contributed by atoms with Crippen LogP contribution in [0, 0.1) is 0 Å². The Morgan fingerprint density at radius 2 is 0.643 bits per heavy atom. The van der Waals surface area contributed by atoms with E-state index >= 15 is 0 Å². The molecule has 0 saturated heterocycles. The van der Waals surface area contributed by atoms with E-state index < -0.39 is 0 Å². The minimum absolute atomic E-state index is 0.194. The molecule has 0 aromatic heterocycles. The Bertz CT molecular complexity index is 1280. The van der Waals surface area contributed by atoms with Gasteiger partial charge in [-0.15, -0.1) is 0 Å². The minimum atomic E-state index is -0.274. The number of ether oxygens (including phenoxy) is 3. The molecular weight excluding hydrogens is 697 g/mol. The van der Waals surface area contributed by atoms with Crippen LogP contribution in [0.1, 0.15) is 225 Å². The number of unbranched alkanes of at least 4 members (excludes halogenated alkanes) is 24. The molecule has 0 unspecified atom stereocenters. The lowest BCUT2D eigenvalue weighted by Gasteiger charge is -2.10. The third-order valence-corrected chi connectivity index (χ3v) is 10.4. The number of esters is 3. The van der Waals surface area contributed by atoms with E-state index in [4.69, 9.17) is 14.2 Å². The molecule has 0 amide bonds. The van der Waals surface area contributed by atoms with Crippen LogP contribution in [0.2, 0.25) is 0 Å². The molecular formula is C50H78O6. The highest BCUT2D eigenvalue weighted by Crippen LogP contribution is 2.27. The van der Waals surface area contributed by atoms with Crippen LogP contribution >= 0.6 is 0 Å². The first-order valence-corrected chi connectivity index (χ1v) is 23.0. The summed E-state index contributed by atoms with van der Waals surface area (Å²) in [7, 11) is 0. The molecule has 0 bridgehead atoms. The third-order valence-electron chi connectivity index (χ3n) is 10.4. The summed E-state index contributed by atoms with van der Waals surface area (Å²) in [6, 6.07) is 12.6. The molecule has 0 aliphatic carbocycles. The van der Waals surface area contributed by atoms with E-state index in [1.807, 2.05) is 24.3 Å². The van der Waals surface area contributed by atoms with E-state index in [1.54, 1.807) is 30.3 Å². The van der Waals surface area contributed by atoms with Gasteiger partial charge in [-0.3, -0.25) is 14.4 Å². The van der Waals surface area contributed by atoms with Crippen molar-refractivity contribution in [3.63, 3.8) is 0 Å². The molecule has 2 aromatic rings. The number of hydrogen-bond acceptors (Lipinski definition) is 6. The normalized spacial score (nSPS) is 11.3. The van der Waals surface area contributed by atoms with Gasteiger partial charge in [0.1, 0.15) is 17.2 Å². The van der Waals surface area contributed by atoms with Crippen molar-refractivity contribution < 1.29 is 28.6 Å². The van der Waals surface area contributed by atoms with Crippen molar-refractivity contribution in [2.45, 2.75) is 213 Å². The fourth-order valence-corrected chi connectivity index (χ4v) is 6.93. The van der Waals surface area contributed by atoms with E-state index in [1.165, 1.54) is 122 Å². The van der Waals surface area contributed by atoms with E-state index in [0.29, 0.717) is 36.5 Å². The first-order valence-electron chi connectivity index (χ1n) is 23.0. The molecule has 314 valence electrons. The Hall–Kier alpha value is -3.41. The van der Waals surface area contributed by atoms with E-state index in [9.17, 15) is 14.4 Å². The smallest absolute Gasteiger partial charge is 0.311 e. The lowest BCUT2D eigenvalue weighted by atomic mass is 10.1. The Morgan fingerprint density at radius 3 is 0.982 bits per heavy atom. The van der Waals surface area contributed by atoms with Crippen molar-refractivity contribution in [2.75, 3.05) is 0 Å². The van der Waals surface area contributed by atoms with Crippen LogP contribution in [-0.2, 0) is 14.4 Å². The summed E-state index contributed by atoms with van der Waals surface area (Å²) < 4.78 is 17.1. The average Bonchev–Trinajstić information content (AvgIpc) is 3.18. The summed E-state index contributed by atoms with van der Waals surface area (Å²) in [5.74, 6) is 0.528. The van der Waals surface area contributed by atoms with Crippen LogP contribution in [0.5, 0.6) is 17.2 Å². The van der Waals surface area contributed by atoms with Crippen molar-refractivity contribution >= 4 is 30.1 Å². The van der Waals surface area contributed by atoms with E-state index in [-0.39, 0.29) is 17.9 Å². The maximum absolute atomic E-state index is 12.8. The SMILES string of the molecule is CCCCCCCCCCCC(=O)Oc1ccc(/C=C/c2cc(OC(=O)CCCCCCCCCCC)cc(OC(=O)CCCCCCCCCCC)c2)cc1. The summed E-state index contributed by atoms with van der Waals surface area (Å²) in [6.07, 6.45) is 37.1. The summed E-state index contributed by atoms with van der Waals surface area (Å²) in [4.78, 5) is 38.0. The van der Waals surface area contributed by atoms with Gasteiger partial charge in [0.25, 0.3) is 0 Å². The van der Waals surface area contributed by atoms with E-state index in [0.717, 1.165) is 62.5 Å². The first kappa shape index (κ1) is 48.7. The van der Waals surface area contributed by atoms with Gasteiger partial charge in [-0.05, 0) is 54.7 Å². The summed E-state index contributed by atoms with van der Waals surface area (Å²) in [6.45, 7) is 6.71. The van der Waals surface area contributed by atoms with Crippen molar-refractivity contribution in [1.29, 1.82) is 0 Å². The van der Waals surface area contributed by atoms with Crippen molar-refractivity contribution in [3.05, 3.63) is 53.6 Å². The zero-order valence-corrected chi connectivity index (χ0v) is 35.9. The molecule has 0 atom stereocenters. The monoisotopic (exact) mass is 775 g/mol. The molecule has 56 heavy (non-hydrogen) atoms. The minimum Gasteiger partial charge on any atom is -0.427 e. The van der Waals surface area contributed by atoms with Gasteiger partial charge >= 0.3 is 17.9 Å². The van der Waals surface area contributed by atoms with Gasteiger partial charge in [-0.1, -0.05) is 199 Å². The van der Waals surface area contributed by atoms with Crippen molar-refractivity contribution in [1.82, 2.24) is 0 Å². The molecule has 0 N–H and O–H groups in total. The maximum Gasteiger partial charge on any atom is 0.311 e. The fourth-order valence-electron chi connectivity index (χ4n) is 6.93. The number of rotatable bonds is 35. The molecule has 0 fully saturated rings. The van der Waals surface area contributed by atoms with Gasteiger partial charge in [0.15, 0.2) is 0 Å². The molecule has 0 aliphatic heterocycles. The quantitative estimate of drug-likeness (QED) is 0.0300. The zero-order chi connectivity index (χ0) is 40.3. The molecule has 2 aromatic carbocycles. The number of hydrogen-bond donors (Lipinski definition) is 0. The molecule has 0 radical (unpaired) electrons. The predicted octanol–water partition coefficient (Wildman–Crippen LogP) is 15.3. The highest BCUT2D eigenvalue weighted by Gasteiger charge is 2.11. The highest BCUT2D eigenvalue weighted by atomic mass is 16.5. The van der Waals surface area contributed by atoms with Crippen molar-refractivity contribution in [2.24, 2.45) is 0 Å². The second kappa shape index (κ2) is 33.7.